The van der Waals surface area contributed by atoms with Crippen LogP contribution in [0.1, 0.15) is 32.6 Å². The molecule has 2 amide bonds. The second kappa shape index (κ2) is 11.1. The Labute approximate surface area is 187 Å². The van der Waals surface area contributed by atoms with Crippen LogP contribution in [0.2, 0.25) is 0 Å². The summed E-state index contributed by atoms with van der Waals surface area (Å²) in [5.74, 6) is 0.360. The third kappa shape index (κ3) is 6.39. The largest absolute Gasteiger partial charge is 0.488 e. The van der Waals surface area contributed by atoms with Gasteiger partial charge in [0, 0.05) is 42.9 Å². The summed E-state index contributed by atoms with van der Waals surface area (Å²) < 4.78 is 10.8. The number of hydrogen-bond donors (Lipinski definition) is 2. The number of amides is 2. The lowest BCUT2D eigenvalue weighted by Gasteiger charge is -2.14. The monoisotopic (exact) mass is 433 g/mol. The van der Waals surface area contributed by atoms with Crippen molar-refractivity contribution < 1.29 is 19.1 Å². The maximum atomic E-state index is 12.7. The Balaban J connectivity index is 1.61. The number of hydrogen-bond acceptors (Lipinski definition) is 5. The molecular formula is C25H27N3O4. The fourth-order valence-corrected chi connectivity index (χ4v) is 3.32. The SMILES string of the molecule is COCC(=O)Nc1cccc(CNC(=O)c2cc(C)c(OCc3cccnc3)c(C)c2)c1. The van der Waals surface area contributed by atoms with Gasteiger partial charge >= 0.3 is 0 Å². The van der Waals surface area contributed by atoms with Gasteiger partial charge in [-0.25, -0.2) is 0 Å². The first kappa shape index (κ1) is 23.0. The standard InChI is InChI=1S/C25H27N3O4/c1-17-10-21(11-18(2)24(17)32-15-20-7-5-9-26-13-20)25(30)27-14-19-6-4-8-22(12-19)28-23(29)16-31-3/h4-13H,14-16H2,1-3H3,(H,27,30)(H,28,29). The highest BCUT2D eigenvalue weighted by Gasteiger charge is 2.12. The molecule has 7 heteroatoms. The predicted octanol–water partition coefficient (Wildman–Crippen LogP) is 3.79. The van der Waals surface area contributed by atoms with Gasteiger partial charge in [0.15, 0.2) is 0 Å². The molecule has 0 atom stereocenters. The summed E-state index contributed by atoms with van der Waals surface area (Å²) in [6, 6.07) is 14.8. The van der Waals surface area contributed by atoms with Gasteiger partial charge in [-0.2, -0.15) is 0 Å². The number of carbonyl (C=O) groups excluding carboxylic acids is 2. The molecule has 0 radical (unpaired) electrons. The Morgan fingerprint density at radius 2 is 1.75 bits per heavy atom. The molecule has 0 aliphatic rings. The Morgan fingerprint density at radius 3 is 2.44 bits per heavy atom. The summed E-state index contributed by atoms with van der Waals surface area (Å²) in [4.78, 5) is 28.5. The zero-order valence-corrected chi connectivity index (χ0v) is 18.5. The highest BCUT2D eigenvalue weighted by Crippen LogP contribution is 2.26. The van der Waals surface area contributed by atoms with Crippen molar-refractivity contribution in [3.05, 3.63) is 88.7 Å². The number of aromatic nitrogens is 1. The van der Waals surface area contributed by atoms with Gasteiger partial charge < -0.3 is 20.1 Å². The second-order valence-corrected chi connectivity index (χ2v) is 7.45. The highest BCUT2D eigenvalue weighted by molar-refractivity contribution is 5.95. The van der Waals surface area contributed by atoms with E-state index in [1.165, 1.54) is 7.11 Å². The van der Waals surface area contributed by atoms with Crippen LogP contribution in [-0.2, 0) is 22.7 Å². The second-order valence-electron chi connectivity index (χ2n) is 7.45. The summed E-state index contributed by atoms with van der Waals surface area (Å²) in [6.07, 6.45) is 3.49. The van der Waals surface area contributed by atoms with Crippen LogP contribution < -0.4 is 15.4 Å². The lowest BCUT2D eigenvalue weighted by atomic mass is 10.0. The van der Waals surface area contributed by atoms with Gasteiger partial charge in [0.2, 0.25) is 5.91 Å². The topological polar surface area (TPSA) is 89.6 Å². The van der Waals surface area contributed by atoms with E-state index in [-0.39, 0.29) is 18.4 Å². The zero-order valence-electron chi connectivity index (χ0n) is 18.5. The van der Waals surface area contributed by atoms with Crippen molar-refractivity contribution in [1.29, 1.82) is 0 Å². The molecule has 0 aliphatic heterocycles. The van der Waals surface area contributed by atoms with Crippen molar-refractivity contribution in [3.8, 4) is 5.75 Å². The molecule has 2 aromatic carbocycles. The van der Waals surface area contributed by atoms with E-state index in [2.05, 4.69) is 15.6 Å². The Kier molecular flexibility index (Phi) is 7.94. The molecule has 166 valence electrons. The number of anilines is 1. The van der Waals surface area contributed by atoms with Crippen LogP contribution in [0.25, 0.3) is 0 Å². The van der Waals surface area contributed by atoms with E-state index in [0.717, 1.165) is 28.0 Å². The number of nitrogens with zero attached hydrogens (tertiary/aromatic N) is 1. The number of methoxy groups -OCH3 is 1. The normalized spacial score (nSPS) is 10.5. The van der Waals surface area contributed by atoms with Crippen LogP contribution in [0.15, 0.2) is 60.9 Å². The molecule has 0 fully saturated rings. The lowest BCUT2D eigenvalue weighted by molar-refractivity contribution is -0.119. The Hall–Kier alpha value is -3.71. The molecule has 7 nitrogen and oxygen atoms in total. The van der Waals surface area contributed by atoms with E-state index in [9.17, 15) is 9.59 Å². The molecule has 32 heavy (non-hydrogen) atoms. The summed E-state index contributed by atoms with van der Waals surface area (Å²) in [5.41, 5.74) is 4.86. The van der Waals surface area contributed by atoms with Crippen LogP contribution >= 0.6 is 0 Å². The quantitative estimate of drug-likeness (QED) is 0.536. The van der Waals surface area contributed by atoms with Crippen molar-refractivity contribution in [3.63, 3.8) is 0 Å². The Bertz CT molecular complexity index is 1060. The minimum Gasteiger partial charge on any atom is -0.488 e. The summed E-state index contributed by atoms with van der Waals surface area (Å²) >= 11 is 0. The van der Waals surface area contributed by atoms with Crippen molar-refractivity contribution >= 4 is 17.5 Å². The highest BCUT2D eigenvalue weighted by atomic mass is 16.5. The molecule has 0 aliphatic carbocycles. The first-order valence-corrected chi connectivity index (χ1v) is 10.2. The molecule has 3 aromatic rings. The minimum atomic E-state index is -0.231. The van der Waals surface area contributed by atoms with Crippen LogP contribution in [0.4, 0.5) is 5.69 Å². The third-order valence-electron chi connectivity index (χ3n) is 4.77. The number of rotatable bonds is 9. The van der Waals surface area contributed by atoms with E-state index in [0.29, 0.717) is 24.4 Å². The maximum Gasteiger partial charge on any atom is 0.251 e. The lowest BCUT2D eigenvalue weighted by Crippen LogP contribution is -2.23. The molecule has 0 spiro atoms. The molecule has 3 rings (SSSR count). The van der Waals surface area contributed by atoms with Gasteiger partial charge in [-0.05, 0) is 60.9 Å². The average Bonchev–Trinajstić information content (AvgIpc) is 2.78. The van der Waals surface area contributed by atoms with Gasteiger partial charge in [0.25, 0.3) is 5.91 Å². The number of benzene rings is 2. The number of pyridine rings is 1. The van der Waals surface area contributed by atoms with E-state index >= 15 is 0 Å². The van der Waals surface area contributed by atoms with Gasteiger partial charge in [-0.3, -0.25) is 14.6 Å². The first-order valence-electron chi connectivity index (χ1n) is 10.2. The summed E-state index contributed by atoms with van der Waals surface area (Å²) in [6.45, 7) is 4.59. The molecule has 1 heterocycles. The first-order chi connectivity index (χ1) is 15.5. The smallest absolute Gasteiger partial charge is 0.251 e. The molecule has 0 saturated heterocycles. The van der Waals surface area contributed by atoms with E-state index in [4.69, 9.17) is 9.47 Å². The maximum absolute atomic E-state index is 12.7. The zero-order chi connectivity index (χ0) is 22.9. The van der Waals surface area contributed by atoms with E-state index in [1.54, 1.807) is 18.5 Å². The number of carbonyl (C=O) groups is 2. The molecule has 0 bridgehead atoms. The molecule has 1 aromatic heterocycles. The van der Waals surface area contributed by atoms with Crippen molar-refractivity contribution in [1.82, 2.24) is 10.3 Å². The van der Waals surface area contributed by atoms with Gasteiger partial charge in [-0.15, -0.1) is 0 Å². The molecule has 2 N–H and O–H groups in total. The molecule has 0 saturated carbocycles. The minimum absolute atomic E-state index is 0.0123. The molecule has 0 unspecified atom stereocenters. The summed E-state index contributed by atoms with van der Waals surface area (Å²) in [7, 11) is 1.47. The molecular weight excluding hydrogens is 406 g/mol. The number of aryl methyl sites for hydroxylation is 2. The predicted molar refractivity (Wildman–Crippen MR) is 123 cm³/mol. The number of ether oxygens (including phenoxy) is 2. The number of nitrogens with one attached hydrogen (secondary N) is 2. The van der Waals surface area contributed by atoms with Crippen LogP contribution in [-0.4, -0.2) is 30.5 Å². The van der Waals surface area contributed by atoms with E-state index < -0.39 is 0 Å². The van der Waals surface area contributed by atoms with Crippen LogP contribution in [0.5, 0.6) is 5.75 Å². The van der Waals surface area contributed by atoms with Gasteiger partial charge in [0.1, 0.15) is 19.0 Å². The van der Waals surface area contributed by atoms with E-state index in [1.807, 2.05) is 56.3 Å². The fourth-order valence-electron chi connectivity index (χ4n) is 3.32. The van der Waals surface area contributed by atoms with Crippen molar-refractivity contribution in [2.24, 2.45) is 0 Å². The average molecular weight is 434 g/mol. The van der Waals surface area contributed by atoms with Crippen LogP contribution in [0, 0.1) is 13.8 Å². The third-order valence-corrected chi connectivity index (χ3v) is 4.77. The van der Waals surface area contributed by atoms with Gasteiger partial charge in [0.05, 0.1) is 0 Å². The Morgan fingerprint density at radius 1 is 1.00 bits per heavy atom. The van der Waals surface area contributed by atoms with Gasteiger partial charge in [-0.1, -0.05) is 18.2 Å². The fraction of sp³-hybridized carbons (Fsp3) is 0.240. The van der Waals surface area contributed by atoms with Crippen LogP contribution in [0.3, 0.4) is 0 Å². The summed E-state index contributed by atoms with van der Waals surface area (Å²) in [5, 5.41) is 5.68. The van der Waals surface area contributed by atoms with Crippen molar-refractivity contribution in [2.75, 3.05) is 19.0 Å². The van der Waals surface area contributed by atoms with Crippen molar-refractivity contribution in [2.45, 2.75) is 27.0 Å².